The molecule has 1 fully saturated rings. The van der Waals surface area contributed by atoms with Gasteiger partial charge in [0, 0.05) is 25.5 Å². The number of amides is 1. The highest BCUT2D eigenvalue weighted by atomic mass is 16.1. The summed E-state index contributed by atoms with van der Waals surface area (Å²) in [6, 6.07) is 9.80. The van der Waals surface area contributed by atoms with Crippen LogP contribution in [0.1, 0.15) is 35.3 Å². The lowest BCUT2D eigenvalue weighted by atomic mass is 10.1. The average Bonchev–Trinajstić information content (AvgIpc) is 2.97. The van der Waals surface area contributed by atoms with Gasteiger partial charge in [-0.2, -0.15) is 5.10 Å². The fourth-order valence-corrected chi connectivity index (χ4v) is 2.80. The summed E-state index contributed by atoms with van der Waals surface area (Å²) in [5, 5.41) is 6.97. The number of nitrogens with one attached hydrogen (secondary N) is 1. The van der Waals surface area contributed by atoms with Gasteiger partial charge in [-0.15, -0.1) is 0 Å². The van der Waals surface area contributed by atoms with E-state index in [-0.39, 0.29) is 5.91 Å². The SMILES string of the molecule is Cn1ccc(C(=O)Nc2ccc(CN3CCCCC3)cc2)n1. The van der Waals surface area contributed by atoms with Crippen molar-refractivity contribution in [3.63, 3.8) is 0 Å². The van der Waals surface area contributed by atoms with Crippen LogP contribution in [0.3, 0.4) is 0 Å². The van der Waals surface area contributed by atoms with E-state index >= 15 is 0 Å². The highest BCUT2D eigenvalue weighted by Crippen LogP contribution is 2.15. The van der Waals surface area contributed by atoms with Crippen LogP contribution in [0.25, 0.3) is 0 Å². The van der Waals surface area contributed by atoms with Gasteiger partial charge >= 0.3 is 0 Å². The third-order valence-electron chi connectivity index (χ3n) is 4.01. The number of nitrogens with zero attached hydrogens (tertiary/aromatic N) is 3. The van der Waals surface area contributed by atoms with Crippen molar-refractivity contribution in [3.8, 4) is 0 Å². The second-order valence-corrected chi connectivity index (χ2v) is 5.86. The van der Waals surface area contributed by atoms with Crippen molar-refractivity contribution in [2.24, 2.45) is 7.05 Å². The second-order valence-electron chi connectivity index (χ2n) is 5.86. The van der Waals surface area contributed by atoms with Crippen molar-refractivity contribution in [1.82, 2.24) is 14.7 Å². The van der Waals surface area contributed by atoms with E-state index in [9.17, 15) is 4.79 Å². The van der Waals surface area contributed by atoms with Crippen molar-refractivity contribution in [2.45, 2.75) is 25.8 Å². The van der Waals surface area contributed by atoms with Crippen LogP contribution in [-0.4, -0.2) is 33.7 Å². The minimum Gasteiger partial charge on any atom is -0.321 e. The van der Waals surface area contributed by atoms with Gasteiger partial charge in [-0.3, -0.25) is 14.4 Å². The molecule has 0 radical (unpaired) electrons. The standard InChI is InChI=1S/C17H22N4O/c1-20-12-9-16(19-20)17(22)18-15-7-5-14(6-8-15)13-21-10-3-2-4-11-21/h5-9,12H,2-4,10-11,13H2,1H3,(H,18,22). The summed E-state index contributed by atoms with van der Waals surface area (Å²) in [6.45, 7) is 3.38. The third-order valence-corrected chi connectivity index (χ3v) is 4.01. The van der Waals surface area contributed by atoms with E-state index in [2.05, 4.69) is 27.4 Å². The molecule has 0 aliphatic carbocycles. The van der Waals surface area contributed by atoms with Crippen molar-refractivity contribution >= 4 is 11.6 Å². The molecule has 1 saturated heterocycles. The summed E-state index contributed by atoms with van der Waals surface area (Å²) in [7, 11) is 1.80. The molecular weight excluding hydrogens is 276 g/mol. The van der Waals surface area contributed by atoms with Gasteiger partial charge in [0.1, 0.15) is 0 Å². The molecule has 1 aliphatic rings. The molecule has 2 heterocycles. The van der Waals surface area contributed by atoms with Gasteiger partial charge in [0.2, 0.25) is 0 Å². The summed E-state index contributed by atoms with van der Waals surface area (Å²) in [5.41, 5.74) is 2.52. The number of carbonyl (C=O) groups excluding carboxylic acids is 1. The Morgan fingerprint density at radius 3 is 2.50 bits per heavy atom. The lowest BCUT2D eigenvalue weighted by molar-refractivity contribution is 0.102. The summed E-state index contributed by atoms with van der Waals surface area (Å²) < 4.78 is 1.62. The van der Waals surface area contributed by atoms with Crippen LogP contribution in [0.5, 0.6) is 0 Å². The van der Waals surface area contributed by atoms with Crippen LogP contribution in [-0.2, 0) is 13.6 Å². The van der Waals surface area contributed by atoms with Gasteiger partial charge in [-0.05, 0) is 49.7 Å². The molecular formula is C17H22N4O. The first kappa shape index (κ1) is 14.8. The molecule has 1 aromatic heterocycles. The highest BCUT2D eigenvalue weighted by Gasteiger charge is 2.11. The Kier molecular flexibility index (Phi) is 4.53. The maximum absolute atomic E-state index is 12.0. The normalized spacial score (nSPS) is 15.7. The number of hydrogen-bond donors (Lipinski definition) is 1. The number of hydrogen-bond acceptors (Lipinski definition) is 3. The number of aryl methyl sites for hydroxylation is 1. The molecule has 0 unspecified atom stereocenters. The van der Waals surface area contributed by atoms with Gasteiger partial charge in [0.05, 0.1) is 0 Å². The topological polar surface area (TPSA) is 50.2 Å². The number of rotatable bonds is 4. The summed E-state index contributed by atoms with van der Waals surface area (Å²) in [4.78, 5) is 14.5. The van der Waals surface area contributed by atoms with Crippen molar-refractivity contribution in [1.29, 1.82) is 0 Å². The van der Waals surface area contributed by atoms with Crippen LogP contribution < -0.4 is 5.32 Å². The van der Waals surface area contributed by atoms with Gasteiger partial charge in [0.15, 0.2) is 5.69 Å². The zero-order valence-electron chi connectivity index (χ0n) is 13.0. The van der Waals surface area contributed by atoms with Gasteiger partial charge in [0.25, 0.3) is 5.91 Å². The zero-order chi connectivity index (χ0) is 15.4. The molecule has 2 aromatic rings. The van der Waals surface area contributed by atoms with Crippen LogP contribution in [0.15, 0.2) is 36.5 Å². The van der Waals surface area contributed by atoms with E-state index in [0.717, 1.165) is 12.2 Å². The fourth-order valence-electron chi connectivity index (χ4n) is 2.80. The predicted octanol–water partition coefficient (Wildman–Crippen LogP) is 2.66. The fraction of sp³-hybridized carbons (Fsp3) is 0.412. The van der Waals surface area contributed by atoms with E-state index < -0.39 is 0 Å². The van der Waals surface area contributed by atoms with E-state index in [1.807, 2.05) is 12.1 Å². The monoisotopic (exact) mass is 298 g/mol. The number of anilines is 1. The Morgan fingerprint density at radius 2 is 1.86 bits per heavy atom. The maximum Gasteiger partial charge on any atom is 0.276 e. The van der Waals surface area contributed by atoms with Crippen LogP contribution in [0.2, 0.25) is 0 Å². The molecule has 1 amide bonds. The molecule has 1 N–H and O–H groups in total. The average molecular weight is 298 g/mol. The second kappa shape index (κ2) is 6.75. The summed E-state index contributed by atoms with van der Waals surface area (Å²) >= 11 is 0. The quantitative estimate of drug-likeness (QED) is 0.944. The molecule has 1 aliphatic heterocycles. The Labute approximate surface area is 130 Å². The van der Waals surface area contributed by atoms with E-state index in [0.29, 0.717) is 5.69 Å². The van der Waals surface area contributed by atoms with Gasteiger partial charge in [-0.1, -0.05) is 18.6 Å². The molecule has 1 aromatic carbocycles. The molecule has 5 nitrogen and oxygen atoms in total. The van der Waals surface area contributed by atoms with Crippen LogP contribution >= 0.6 is 0 Å². The first-order valence-electron chi connectivity index (χ1n) is 7.83. The molecule has 5 heteroatoms. The van der Waals surface area contributed by atoms with Crippen molar-refractivity contribution in [2.75, 3.05) is 18.4 Å². The largest absolute Gasteiger partial charge is 0.321 e. The third kappa shape index (κ3) is 3.74. The van der Waals surface area contributed by atoms with Crippen molar-refractivity contribution < 1.29 is 4.79 Å². The number of aromatic nitrogens is 2. The zero-order valence-corrected chi connectivity index (χ0v) is 13.0. The summed E-state index contributed by atoms with van der Waals surface area (Å²) in [6.07, 6.45) is 5.72. The Morgan fingerprint density at radius 1 is 1.14 bits per heavy atom. The number of carbonyl (C=O) groups is 1. The smallest absolute Gasteiger partial charge is 0.276 e. The minimum absolute atomic E-state index is 0.176. The van der Waals surface area contributed by atoms with Gasteiger partial charge in [-0.25, -0.2) is 0 Å². The molecule has 22 heavy (non-hydrogen) atoms. The number of piperidine rings is 1. The Hall–Kier alpha value is -2.14. The summed E-state index contributed by atoms with van der Waals surface area (Å²) in [5.74, 6) is -0.176. The lowest BCUT2D eigenvalue weighted by Crippen LogP contribution is -2.29. The molecule has 0 atom stereocenters. The van der Waals surface area contributed by atoms with E-state index in [4.69, 9.17) is 0 Å². The predicted molar refractivity (Wildman–Crippen MR) is 86.7 cm³/mol. The Bertz CT molecular complexity index is 626. The van der Waals surface area contributed by atoms with Crippen molar-refractivity contribution in [3.05, 3.63) is 47.8 Å². The molecule has 116 valence electrons. The molecule has 0 spiro atoms. The minimum atomic E-state index is -0.176. The molecule has 0 saturated carbocycles. The Balaban J connectivity index is 1.58. The van der Waals surface area contributed by atoms with Crippen LogP contribution in [0.4, 0.5) is 5.69 Å². The first-order chi connectivity index (χ1) is 10.7. The number of benzene rings is 1. The lowest BCUT2D eigenvalue weighted by Gasteiger charge is -2.26. The van der Waals surface area contributed by atoms with E-state index in [1.54, 1.807) is 24.0 Å². The molecule has 3 rings (SSSR count). The molecule has 0 bridgehead atoms. The van der Waals surface area contributed by atoms with Crippen LogP contribution in [0, 0.1) is 0 Å². The first-order valence-corrected chi connectivity index (χ1v) is 7.83. The van der Waals surface area contributed by atoms with Gasteiger partial charge < -0.3 is 5.32 Å². The van der Waals surface area contributed by atoms with E-state index in [1.165, 1.54) is 37.9 Å². The number of likely N-dealkylation sites (tertiary alicyclic amines) is 1. The maximum atomic E-state index is 12.0. The highest BCUT2D eigenvalue weighted by molar-refractivity contribution is 6.02.